The molecule has 2 heteroatoms. The van der Waals surface area contributed by atoms with Crippen molar-refractivity contribution in [2.45, 2.75) is 218 Å². The lowest BCUT2D eigenvalue weighted by Gasteiger charge is -2.27. The van der Waals surface area contributed by atoms with E-state index in [1.807, 2.05) is 0 Å². The fourth-order valence-electron chi connectivity index (χ4n) is 7.76. The van der Waals surface area contributed by atoms with Crippen LogP contribution in [0.5, 0.6) is 0 Å². The minimum Gasteiger partial charge on any atom is -0.119 e. The van der Waals surface area contributed by atoms with Crippen molar-refractivity contribution in [3.8, 4) is 0 Å². The Hall–Kier alpha value is 0.860. The summed E-state index contributed by atoms with van der Waals surface area (Å²) in [5.41, 5.74) is 2.25. The highest BCUT2D eigenvalue weighted by Crippen LogP contribution is 2.40. The molecule has 4 unspecified atom stereocenters. The second-order valence-corrected chi connectivity index (χ2v) is 17.5. The van der Waals surface area contributed by atoms with Crippen molar-refractivity contribution in [2.75, 3.05) is 12.3 Å². The van der Waals surface area contributed by atoms with Crippen LogP contribution in [0, 0.1) is 11.8 Å². The quantitative estimate of drug-likeness (QED) is 0.285. The molecule has 0 bridgehead atoms. The smallest absolute Gasteiger partial charge is 0.0208 e. The predicted octanol–water partition coefficient (Wildman–Crippen LogP) is 14.1. The Labute approximate surface area is 258 Å². The molecule has 2 heterocycles. The third kappa shape index (κ3) is 19.2. The Balaban J connectivity index is 0.000000247. The molecule has 238 valence electrons. The Kier molecular flexibility index (Phi) is 25.4. The van der Waals surface area contributed by atoms with Crippen LogP contribution in [0.4, 0.5) is 0 Å². The van der Waals surface area contributed by atoms with Gasteiger partial charge in [-0.05, 0) is 86.8 Å². The fraction of sp³-hybridized carbons (Fsp3) is 1.00. The van der Waals surface area contributed by atoms with Crippen molar-refractivity contribution in [1.29, 1.82) is 0 Å². The van der Waals surface area contributed by atoms with Gasteiger partial charge in [0, 0.05) is 0 Å². The maximum absolute atomic E-state index is 2.18. The average Bonchev–Trinajstić information content (AvgIpc) is 3.35. The zero-order valence-corrected chi connectivity index (χ0v) is 29.9. The summed E-state index contributed by atoms with van der Waals surface area (Å²) in [5, 5.41) is 0. The van der Waals surface area contributed by atoms with Crippen LogP contribution < -0.4 is 0 Å². The molecule has 0 aromatic heterocycles. The lowest BCUT2D eigenvalue weighted by Crippen LogP contribution is -2.17. The normalized spacial score (nSPS) is 29.2. The summed E-state index contributed by atoms with van der Waals surface area (Å²) in [4.78, 5) is 0. The first kappa shape index (κ1) is 37.0. The zero-order chi connectivity index (χ0) is 28.4. The van der Waals surface area contributed by atoms with Gasteiger partial charge >= 0.3 is 0 Å². The summed E-state index contributed by atoms with van der Waals surface area (Å²) in [6.45, 7) is 4.36. The van der Waals surface area contributed by atoms with E-state index in [0.717, 1.165) is 23.2 Å². The molecule has 4 rings (SSSR count). The molecule has 4 aliphatic rings. The van der Waals surface area contributed by atoms with Gasteiger partial charge < -0.3 is 0 Å². The summed E-state index contributed by atoms with van der Waals surface area (Å²) in [6, 6.07) is 0. The highest BCUT2D eigenvalue weighted by molar-refractivity contribution is 7.39. The zero-order valence-electron chi connectivity index (χ0n) is 27.9. The summed E-state index contributed by atoms with van der Waals surface area (Å²) >= 11 is 0. The maximum atomic E-state index is 2.18. The second-order valence-electron chi connectivity index (χ2n) is 14.2. The lowest BCUT2D eigenvalue weighted by molar-refractivity contribution is 0.392. The summed E-state index contributed by atoms with van der Waals surface area (Å²) in [6.07, 6.45) is 48.7. The third-order valence-electron chi connectivity index (χ3n) is 10.6. The van der Waals surface area contributed by atoms with Gasteiger partial charge in [-0.25, -0.2) is 0 Å². The van der Waals surface area contributed by atoms with Crippen molar-refractivity contribution >= 4 is 17.2 Å². The molecule has 0 aromatic rings. The van der Waals surface area contributed by atoms with E-state index in [2.05, 4.69) is 13.8 Å². The van der Waals surface area contributed by atoms with Crippen LogP contribution in [0.2, 0.25) is 0 Å². The van der Waals surface area contributed by atoms with Crippen LogP contribution >= 0.6 is 17.2 Å². The monoisotopic (exact) mass is 595 g/mol. The first-order valence-corrected chi connectivity index (χ1v) is 21.9. The van der Waals surface area contributed by atoms with Gasteiger partial charge in [-0.2, -0.15) is 0 Å². The van der Waals surface area contributed by atoms with Crippen LogP contribution in [0.1, 0.15) is 206 Å². The third-order valence-corrected chi connectivity index (χ3v) is 14.5. The highest BCUT2D eigenvalue weighted by atomic mass is 31.1. The largest absolute Gasteiger partial charge is 0.119 e. The topological polar surface area (TPSA) is 0 Å². The van der Waals surface area contributed by atoms with E-state index in [1.54, 1.807) is 50.8 Å². The van der Waals surface area contributed by atoms with Crippen LogP contribution in [0.15, 0.2) is 0 Å². The second kappa shape index (κ2) is 27.4. The molecule has 0 amide bonds. The Morgan fingerprint density at radius 1 is 0.325 bits per heavy atom. The SMILES string of the molecule is C1CCCCC(C2CCCCCCCP2)CCC1.C1CCCCC(C2CCCCCCCP2)CCC1.CCCC. The van der Waals surface area contributed by atoms with Crippen molar-refractivity contribution in [2.24, 2.45) is 11.8 Å². The van der Waals surface area contributed by atoms with Gasteiger partial charge in [0.1, 0.15) is 0 Å². The summed E-state index contributed by atoms with van der Waals surface area (Å²) in [7, 11) is 2.60. The van der Waals surface area contributed by atoms with Crippen molar-refractivity contribution in [3.05, 3.63) is 0 Å². The van der Waals surface area contributed by atoms with Crippen LogP contribution in [0.25, 0.3) is 0 Å². The van der Waals surface area contributed by atoms with E-state index in [1.165, 1.54) is 171 Å². The molecule has 2 saturated carbocycles. The van der Waals surface area contributed by atoms with E-state index in [9.17, 15) is 0 Å². The Morgan fingerprint density at radius 3 is 0.875 bits per heavy atom. The minimum atomic E-state index is 1.11. The van der Waals surface area contributed by atoms with Crippen molar-refractivity contribution in [1.82, 2.24) is 0 Å². The predicted molar refractivity (Wildman–Crippen MR) is 191 cm³/mol. The number of unbranched alkanes of at least 4 members (excludes halogenated alkanes) is 1. The van der Waals surface area contributed by atoms with Gasteiger partial charge in [0.15, 0.2) is 0 Å². The fourth-order valence-corrected chi connectivity index (χ4v) is 11.6. The van der Waals surface area contributed by atoms with Crippen LogP contribution in [-0.2, 0) is 0 Å². The van der Waals surface area contributed by atoms with Gasteiger partial charge in [0.05, 0.1) is 0 Å². The average molecular weight is 595 g/mol. The molecule has 0 aromatic carbocycles. The maximum Gasteiger partial charge on any atom is -0.0208 e. The van der Waals surface area contributed by atoms with E-state index in [-0.39, 0.29) is 0 Å². The molecule has 2 saturated heterocycles. The molecule has 4 atom stereocenters. The first-order valence-electron chi connectivity index (χ1n) is 19.3. The highest BCUT2D eigenvalue weighted by Gasteiger charge is 2.23. The lowest BCUT2D eigenvalue weighted by atomic mass is 9.90. The molecule has 0 radical (unpaired) electrons. The standard InChI is InChI=1S/2C17H33P.C4H10/c2*1-2-5-9-13-16(12-8-4-1)17-14-10-6-3-7-11-15-18-17;1-3-4-2/h2*16-18H,1-15H2;3-4H2,1-2H3. The van der Waals surface area contributed by atoms with Gasteiger partial charge in [0.2, 0.25) is 0 Å². The van der Waals surface area contributed by atoms with E-state index < -0.39 is 0 Å². The molecular formula is C38H76P2. The van der Waals surface area contributed by atoms with E-state index >= 15 is 0 Å². The Morgan fingerprint density at radius 2 is 0.575 bits per heavy atom. The van der Waals surface area contributed by atoms with Gasteiger partial charge in [-0.3, -0.25) is 0 Å². The molecule has 0 spiro atoms. The minimum absolute atomic E-state index is 1.11. The first-order chi connectivity index (χ1) is 19.8. The molecule has 2 aliphatic carbocycles. The van der Waals surface area contributed by atoms with Crippen molar-refractivity contribution in [3.63, 3.8) is 0 Å². The summed E-state index contributed by atoms with van der Waals surface area (Å²) in [5.74, 6) is 2.22. The van der Waals surface area contributed by atoms with Gasteiger partial charge in [0.25, 0.3) is 0 Å². The number of hydrogen-bond donors (Lipinski definition) is 0. The molecule has 40 heavy (non-hydrogen) atoms. The molecular weight excluding hydrogens is 518 g/mol. The van der Waals surface area contributed by atoms with E-state index in [0.29, 0.717) is 0 Å². The molecule has 0 nitrogen and oxygen atoms in total. The molecule has 2 aliphatic heterocycles. The molecule has 0 N–H and O–H groups in total. The van der Waals surface area contributed by atoms with Crippen molar-refractivity contribution < 1.29 is 0 Å². The van der Waals surface area contributed by atoms with Crippen LogP contribution in [0.3, 0.4) is 0 Å². The van der Waals surface area contributed by atoms with E-state index in [4.69, 9.17) is 0 Å². The van der Waals surface area contributed by atoms with Gasteiger partial charge in [-0.15, -0.1) is 17.2 Å². The molecule has 4 fully saturated rings. The number of hydrogen-bond acceptors (Lipinski definition) is 0. The summed E-state index contributed by atoms with van der Waals surface area (Å²) < 4.78 is 0. The Bertz CT molecular complexity index is 390. The number of rotatable bonds is 3. The van der Waals surface area contributed by atoms with Gasteiger partial charge in [-0.1, -0.05) is 155 Å². The van der Waals surface area contributed by atoms with Crippen LogP contribution in [-0.4, -0.2) is 23.6 Å².